The second-order valence-corrected chi connectivity index (χ2v) is 2.30. The summed E-state index contributed by atoms with van der Waals surface area (Å²) in [5.41, 5.74) is 0. The molecule has 0 fully saturated rings. The number of allylic oxidation sites excluding steroid dienone is 4. The third-order valence-electron chi connectivity index (χ3n) is 0.556. The van der Waals surface area contributed by atoms with Gasteiger partial charge in [0.25, 0.3) is 0 Å². The van der Waals surface area contributed by atoms with Crippen LogP contribution in [-0.4, -0.2) is 26.0 Å². The summed E-state index contributed by atoms with van der Waals surface area (Å²) in [6.07, 6.45) is 10.0. The van der Waals surface area contributed by atoms with Crippen LogP contribution in [0.2, 0.25) is 0 Å². The fourth-order valence-electron chi connectivity index (χ4n) is 0.321. The standard InChI is InChI=1S/C5H5.C3H9N.Pt/c1-2-4-5-3-1;1-4(2)3;/h1-5H;1-3H3;. The monoisotopic (exact) mass is 319 g/mol. The fourth-order valence-corrected chi connectivity index (χ4v) is 0.321. The molecule has 0 amide bonds. The second kappa shape index (κ2) is 9.13. The number of hydrogen-bond acceptors (Lipinski definition) is 1. The first-order valence-electron chi connectivity index (χ1n) is 3.01. The van der Waals surface area contributed by atoms with Crippen molar-refractivity contribution in [2.75, 3.05) is 21.1 Å². The number of hydrogen-bond donors (Lipinski definition) is 0. The molecule has 1 nitrogen and oxygen atoms in total. The van der Waals surface area contributed by atoms with E-state index in [2.05, 4.69) is 0 Å². The third kappa shape index (κ3) is 15.7. The van der Waals surface area contributed by atoms with Crippen LogP contribution in [0.4, 0.5) is 0 Å². The van der Waals surface area contributed by atoms with E-state index in [0.29, 0.717) is 0 Å². The Hall–Kier alpha value is 0.128. The minimum Gasteiger partial charge on any atom is -0.312 e. The quantitative estimate of drug-likeness (QED) is 0.654. The molecule has 10 heavy (non-hydrogen) atoms. The number of nitrogens with zero attached hydrogens (tertiary/aromatic N) is 1. The Morgan fingerprint density at radius 2 is 1.10 bits per heavy atom. The van der Waals surface area contributed by atoms with Crippen molar-refractivity contribution in [2.45, 2.75) is 0 Å². The van der Waals surface area contributed by atoms with Crippen LogP contribution >= 0.6 is 0 Å². The molecule has 1 radical (unpaired) electrons. The molecule has 1 aliphatic carbocycles. The van der Waals surface area contributed by atoms with Crippen molar-refractivity contribution in [3.8, 4) is 0 Å². The Balaban J connectivity index is 0. The minimum absolute atomic E-state index is 0. The van der Waals surface area contributed by atoms with Crippen LogP contribution in [0, 0.1) is 6.42 Å². The molecule has 0 saturated carbocycles. The summed E-state index contributed by atoms with van der Waals surface area (Å²) in [6, 6.07) is 0. The zero-order chi connectivity index (χ0) is 7.11. The van der Waals surface area contributed by atoms with Gasteiger partial charge in [0, 0.05) is 27.5 Å². The molecule has 0 bridgehead atoms. The van der Waals surface area contributed by atoms with E-state index in [1.165, 1.54) is 0 Å². The van der Waals surface area contributed by atoms with Crippen molar-refractivity contribution < 1.29 is 21.1 Å². The van der Waals surface area contributed by atoms with E-state index in [4.69, 9.17) is 0 Å². The zero-order valence-electron chi connectivity index (χ0n) is 6.65. The normalized spacial score (nSPS) is 12.4. The molecule has 0 N–H and O–H groups in total. The average Bonchev–Trinajstić information content (AvgIpc) is 2.11. The molecule has 0 aromatic carbocycles. The van der Waals surface area contributed by atoms with Crippen LogP contribution < -0.4 is 0 Å². The first kappa shape index (κ1) is 12.8. The minimum atomic E-state index is 0. The molecule has 2 heteroatoms. The average molecular weight is 319 g/mol. The Morgan fingerprint density at radius 1 is 0.800 bits per heavy atom. The maximum absolute atomic E-state index is 2.00. The van der Waals surface area contributed by atoms with E-state index in [1.807, 2.05) is 56.8 Å². The molecular formula is C8H14NPt. The summed E-state index contributed by atoms with van der Waals surface area (Å²) in [7, 11) is 6.00. The van der Waals surface area contributed by atoms with E-state index in [9.17, 15) is 0 Å². The van der Waals surface area contributed by atoms with Crippen molar-refractivity contribution >= 4 is 0 Å². The van der Waals surface area contributed by atoms with Gasteiger partial charge in [-0.2, -0.15) is 0 Å². The fraction of sp³-hybridized carbons (Fsp3) is 0.375. The summed E-state index contributed by atoms with van der Waals surface area (Å²) in [6.45, 7) is 0. The van der Waals surface area contributed by atoms with Crippen molar-refractivity contribution in [1.29, 1.82) is 0 Å². The summed E-state index contributed by atoms with van der Waals surface area (Å²) < 4.78 is 0. The summed E-state index contributed by atoms with van der Waals surface area (Å²) in [5, 5.41) is 0. The van der Waals surface area contributed by atoms with Crippen molar-refractivity contribution in [3.63, 3.8) is 0 Å². The molecule has 0 heterocycles. The Labute approximate surface area is 78.1 Å². The summed E-state index contributed by atoms with van der Waals surface area (Å²) in [5.74, 6) is 0. The van der Waals surface area contributed by atoms with Crippen LogP contribution in [0.25, 0.3) is 0 Å². The van der Waals surface area contributed by atoms with E-state index >= 15 is 0 Å². The van der Waals surface area contributed by atoms with Crippen LogP contribution in [0.15, 0.2) is 24.3 Å². The van der Waals surface area contributed by atoms with Crippen LogP contribution in [0.1, 0.15) is 0 Å². The molecule has 0 aliphatic heterocycles. The van der Waals surface area contributed by atoms with Gasteiger partial charge in [0.2, 0.25) is 0 Å². The Bertz CT molecular complexity index is 93.1. The SMILES string of the molecule is CN(C)C.[CH]1C=CC=C1.[Pt]. The molecule has 61 valence electrons. The molecule has 1 rings (SSSR count). The Kier molecular flexibility index (Phi) is 11.7. The third-order valence-corrected chi connectivity index (χ3v) is 0.556. The first-order valence-corrected chi connectivity index (χ1v) is 3.01. The predicted molar refractivity (Wildman–Crippen MR) is 42.2 cm³/mol. The van der Waals surface area contributed by atoms with Gasteiger partial charge in [-0.15, -0.1) is 0 Å². The van der Waals surface area contributed by atoms with Gasteiger partial charge in [-0.05, 0) is 21.1 Å². The van der Waals surface area contributed by atoms with Gasteiger partial charge in [-0.25, -0.2) is 0 Å². The molecular weight excluding hydrogens is 305 g/mol. The topological polar surface area (TPSA) is 3.24 Å². The van der Waals surface area contributed by atoms with Gasteiger partial charge in [0.1, 0.15) is 0 Å². The zero-order valence-corrected chi connectivity index (χ0v) is 8.92. The maximum atomic E-state index is 2.00. The van der Waals surface area contributed by atoms with E-state index < -0.39 is 0 Å². The number of rotatable bonds is 0. The second-order valence-electron chi connectivity index (χ2n) is 2.30. The largest absolute Gasteiger partial charge is 0.312 e. The maximum Gasteiger partial charge on any atom is 0.00506 e. The van der Waals surface area contributed by atoms with Crippen LogP contribution in [0.5, 0.6) is 0 Å². The van der Waals surface area contributed by atoms with Gasteiger partial charge in [-0.3, -0.25) is 0 Å². The molecule has 1 aliphatic rings. The van der Waals surface area contributed by atoms with Gasteiger partial charge in [0.15, 0.2) is 0 Å². The van der Waals surface area contributed by atoms with E-state index in [-0.39, 0.29) is 21.1 Å². The molecule has 0 unspecified atom stereocenters. The summed E-state index contributed by atoms with van der Waals surface area (Å²) in [4.78, 5) is 2.00. The molecule has 0 atom stereocenters. The molecule has 0 spiro atoms. The summed E-state index contributed by atoms with van der Waals surface area (Å²) >= 11 is 0. The first-order chi connectivity index (χ1) is 4.23. The van der Waals surface area contributed by atoms with Crippen LogP contribution in [-0.2, 0) is 21.1 Å². The van der Waals surface area contributed by atoms with E-state index in [0.717, 1.165) is 0 Å². The van der Waals surface area contributed by atoms with Gasteiger partial charge >= 0.3 is 0 Å². The molecule has 0 saturated heterocycles. The van der Waals surface area contributed by atoms with Gasteiger partial charge in [0.05, 0.1) is 0 Å². The molecule has 0 aromatic rings. The van der Waals surface area contributed by atoms with E-state index in [1.54, 1.807) is 0 Å². The predicted octanol–water partition coefficient (Wildman–Crippen LogP) is 1.49. The molecule has 0 aromatic heterocycles. The van der Waals surface area contributed by atoms with Crippen LogP contribution in [0.3, 0.4) is 0 Å². The van der Waals surface area contributed by atoms with Crippen molar-refractivity contribution in [3.05, 3.63) is 30.7 Å². The van der Waals surface area contributed by atoms with Crippen molar-refractivity contribution in [1.82, 2.24) is 4.90 Å². The van der Waals surface area contributed by atoms with Gasteiger partial charge in [-0.1, -0.05) is 24.3 Å². The Morgan fingerprint density at radius 3 is 1.20 bits per heavy atom. The van der Waals surface area contributed by atoms with Crippen molar-refractivity contribution in [2.24, 2.45) is 0 Å². The van der Waals surface area contributed by atoms with Gasteiger partial charge < -0.3 is 4.90 Å². The smallest absolute Gasteiger partial charge is 0.00506 e.